The maximum atomic E-state index is 12.7. The Bertz CT molecular complexity index is 524. The van der Waals surface area contributed by atoms with Crippen LogP contribution in [0.25, 0.3) is 0 Å². The molecule has 0 aliphatic heterocycles. The standard InChI is InChI=1S/C20H28O/c1-4-5-6-7-12-19-18-11-9-8-10-17(18)13-15(2)16(3)14-20(19)21/h8-11,19H,4-7,12-14H2,1-3H3/b16-15-. The molecule has 1 aliphatic rings. The second-order valence-electron chi connectivity index (χ2n) is 6.48. The third kappa shape index (κ3) is 4.06. The lowest BCUT2D eigenvalue weighted by Gasteiger charge is -2.23. The van der Waals surface area contributed by atoms with Gasteiger partial charge in [-0.3, -0.25) is 4.79 Å². The third-order valence-electron chi connectivity index (χ3n) is 4.79. The molecule has 1 heteroatoms. The number of hydrogen-bond acceptors (Lipinski definition) is 1. The van der Waals surface area contributed by atoms with Gasteiger partial charge in [0.15, 0.2) is 0 Å². The zero-order valence-electron chi connectivity index (χ0n) is 13.7. The molecule has 0 saturated carbocycles. The predicted molar refractivity (Wildman–Crippen MR) is 89.6 cm³/mol. The van der Waals surface area contributed by atoms with E-state index in [4.69, 9.17) is 0 Å². The molecule has 21 heavy (non-hydrogen) atoms. The summed E-state index contributed by atoms with van der Waals surface area (Å²) in [6.45, 7) is 6.52. The van der Waals surface area contributed by atoms with E-state index < -0.39 is 0 Å². The smallest absolute Gasteiger partial charge is 0.144 e. The Balaban J connectivity index is 2.24. The van der Waals surface area contributed by atoms with Crippen LogP contribution in [0.15, 0.2) is 35.4 Å². The van der Waals surface area contributed by atoms with Crippen molar-refractivity contribution in [3.8, 4) is 0 Å². The number of carbonyl (C=O) groups is 1. The Morgan fingerprint density at radius 2 is 1.71 bits per heavy atom. The van der Waals surface area contributed by atoms with Gasteiger partial charge in [-0.1, -0.05) is 68.0 Å². The Kier molecular flexibility index (Phi) is 5.78. The number of carbonyl (C=O) groups excluding carboxylic acids is 1. The topological polar surface area (TPSA) is 17.1 Å². The monoisotopic (exact) mass is 284 g/mol. The molecule has 1 atom stereocenters. The van der Waals surface area contributed by atoms with Crippen LogP contribution in [0.1, 0.15) is 76.3 Å². The fraction of sp³-hybridized carbons (Fsp3) is 0.550. The van der Waals surface area contributed by atoms with Crippen molar-refractivity contribution in [1.82, 2.24) is 0 Å². The molecule has 0 amide bonds. The van der Waals surface area contributed by atoms with Gasteiger partial charge < -0.3 is 0 Å². The van der Waals surface area contributed by atoms with Gasteiger partial charge in [0.1, 0.15) is 5.78 Å². The van der Waals surface area contributed by atoms with E-state index in [0.717, 1.165) is 12.8 Å². The summed E-state index contributed by atoms with van der Waals surface area (Å²) in [5.74, 6) is 0.525. The van der Waals surface area contributed by atoms with E-state index in [2.05, 4.69) is 45.0 Å². The zero-order valence-corrected chi connectivity index (χ0v) is 13.7. The van der Waals surface area contributed by atoms with Crippen molar-refractivity contribution >= 4 is 5.78 Å². The first kappa shape index (κ1) is 16.0. The lowest BCUT2D eigenvalue weighted by atomic mass is 9.80. The largest absolute Gasteiger partial charge is 0.299 e. The lowest BCUT2D eigenvalue weighted by Crippen LogP contribution is -2.18. The highest BCUT2D eigenvalue weighted by atomic mass is 16.1. The molecule has 0 heterocycles. The molecule has 1 nitrogen and oxygen atoms in total. The molecular weight excluding hydrogens is 256 g/mol. The summed E-state index contributed by atoms with van der Waals surface area (Å²) >= 11 is 0. The first-order valence-corrected chi connectivity index (χ1v) is 8.39. The van der Waals surface area contributed by atoms with Gasteiger partial charge in [-0.05, 0) is 37.8 Å². The molecule has 0 N–H and O–H groups in total. The zero-order chi connectivity index (χ0) is 15.2. The summed E-state index contributed by atoms with van der Waals surface area (Å²) in [6, 6.07) is 8.55. The number of ketones is 1. The van der Waals surface area contributed by atoms with Crippen LogP contribution in [0.4, 0.5) is 0 Å². The fourth-order valence-electron chi connectivity index (χ4n) is 3.27. The average molecular weight is 284 g/mol. The van der Waals surface area contributed by atoms with Crippen LogP contribution in [-0.4, -0.2) is 5.78 Å². The lowest BCUT2D eigenvalue weighted by molar-refractivity contribution is -0.120. The first-order chi connectivity index (χ1) is 10.1. The molecule has 1 unspecified atom stereocenters. The summed E-state index contributed by atoms with van der Waals surface area (Å²) in [4.78, 5) is 12.7. The van der Waals surface area contributed by atoms with Gasteiger partial charge in [0.25, 0.3) is 0 Å². The van der Waals surface area contributed by atoms with E-state index in [1.165, 1.54) is 48.0 Å². The van der Waals surface area contributed by atoms with E-state index in [1.54, 1.807) is 0 Å². The highest BCUT2D eigenvalue weighted by Gasteiger charge is 2.25. The summed E-state index contributed by atoms with van der Waals surface area (Å²) < 4.78 is 0. The van der Waals surface area contributed by atoms with Crippen LogP contribution in [-0.2, 0) is 11.2 Å². The van der Waals surface area contributed by atoms with E-state index in [9.17, 15) is 4.79 Å². The van der Waals surface area contributed by atoms with E-state index in [-0.39, 0.29) is 5.92 Å². The molecule has 0 saturated heterocycles. The molecule has 2 rings (SSSR count). The second-order valence-corrected chi connectivity index (χ2v) is 6.48. The van der Waals surface area contributed by atoms with Gasteiger partial charge in [-0.2, -0.15) is 0 Å². The Labute approximate surface area is 129 Å². The number of benzene rings is 1. The third-order valence-corrected chi connectivity index (χ3v) is 4.79. The molecule has 0 spiro atoms. The Hall–Kier alpha value is -1.37. The van der Waals surface area contributed by atoms with Crippen LogP contribution < -0.4 is 0 Å². The van der Waals surface area contributed by atoms with Gasteiger partial charge in [0, 0.05) is 12.3 Å². The Morgan fingerprint density at radius 3 is 2.48 bits per heavy atom. The molecular formula is C20H28O. The second kappa shape index (κ2) is 7.59. The van der Waals surface area contributed by atoms with Gasteiger partial charge in [-0.15, -0.1) is 0 Å². The van der Waals surface area contributed by atoms with Gasteiger partial charge in [0.2, 0.25) is 0 Å². The molecule has 114 valence electrons. The summed E-state index contributed by atoms with van der Waals surface area (Å²) in [7, 11) is 0. The molecule has 0 fully saturated rings. The number of rotatable bonds is 5. The van der Waals surface area contributed by atoms with Crippen molar-refractivity contribution in [2.75, 3.05) is 0 Å². The molecule has 0 aromatic heterocycles. The number of fused-ring (bicyclic) bond motifs is 1. The predicted octanol–water partition coefficient (Wildman–Crippen LogP) is 5.59. The van der Waals surface area contributed by atoms with Crippen molar-refractivity contribution in [2.45, 2.75) is 71.6 Å². The highest BCUT2D eigenvalue weighted by Crippen LogP contribution is 2.33. The normalized spacial score (nSPS) is 22.6. The molecule has 1 aromatic rings. The number of hydrogen-bond donors (Lipinski definition) is 0. The fourth-order valence-corrected chi connectivity index (χ4v) is 3.27. The minimum absolute atomic E-state index is 0.112. The van der Waals surface area contributed by atoms with Crippen molar-refractivity contribution in [3.63, 3.8) is 0 Å². The first-order valence-electron chi connectivity index (χ1n) is 8.39. The molecule has 1 aromatic carbocycles. The number of unbranched alkanes of at least 4 members (excludes halogenated alkanes) is 3. The van der Waals surface area contributed by atoms with E-state index >= 15 is 0 Å². The van der Waals surface area contributed by atoms with Crippen molar-refractivity contribution in [1.29, 1.82) is 0 Å². The quantitative estimate of drug-likeness (QED) is 0.508. The van der Waals surface area contributed by atoms with E-state index in [1.807, 2.05) is 0 Å². The maximum absolute atomic E-state index is 12.7. The SMILES string of the molecule is CCCCCCC1C(=O)C/C(C)=C(/C)Cc2ccccc21. The van der Waals surface area contributed by atoms with Crippen LogP contribution in [0.2, 0.25) is 0 Å². The minimum atomic E-state index is 0.112. The maximum Gasteiger partial charge on any atom is 0.144 e. The van der Waals surface area contributed by atoms with Crippen LogP contribution in [0.3, 0.4) is 0 Å². The summed E-state index contributed by atoms with van der Waals surface area (Å²) in [5.41, 5.74) is 5.27. The van der Waals surface area contributed by atoms with Gasteiger partial charge in [0.05, 0.1) is 0 Å². The van der Waals surface area contributed by atoms with Gasteiger partial charge in [-0.25, -0.2) is 0 Å². The number of Topliss-reactive ketones (excluding diaryl/α,β-unsaturated/α-hetero) is 1. The minimum Gasteiger partial charge on any atom is -0.299 e. The van der Waals surface area contributed by atoms with Crippen LogP contribution in [0, 0.1) is 0 Å². The highest BCUT2D eigenvalue weighted by molar-refractivity contribution is 5.88. The number of allylic oxidation sites excluding steroid dienone is 2. The summed E-state index contributed by atoms with van der Waals surface area (Å²) in [5, 5.41) is 0. The molecule has 1 aliphatic carbocycles. The van der Waals surface area contributed by atoms with Gasteiger partial charge >= 0.3 is 0 Å². The van der Waals surface area contributed by atoms with Crippen LogP contribution in [0.5, 0.6) is 0 Å². The van der Waals surface area contributed by atoms with Crippen molar-refractivity contribution in [2.24, 2.45) is 0 Å². The van der Waals surface area contributed by atoms with E-state index in [0.29, 0.717) is 12.2 Å². The Morgan fingerprint density at radius 1 is 1.00 bits per heavy atom. The van der Waals surface area contributed by atoms with Crippen LogP contribution >= 0.6 is 0 Å². The van der Waals surface area contributed by atoms with Crippen molar-refractivity contribution < 1.29 is 4.79 Å². The average Bonchev–Trinajstić information content (AvgIpc) is 2.47. The molecule has 0 radical (unpaired) electrons. The molecule has 0 bridgehead atoms. The van der Waals surface area contributed by atoms with Crippen molar-refractivity contribution in [3.05, 3.63) is 46.5 Å². The summed E-state index contributed by atoms with van der Waals surface area (Å²) in [6.07, 6.45) is 7.59.